The molecule has 1 aliphatic heterocycles. The summed E-state index contributed by atoms with van der Waals surface area (Å²) in [6, 6.07) is 0.474. The molecule has 0 aromatic carbocycles. The van der Waals surface area contributed by atoms with Crippen LogP contribution in [0.4, 0.5) is 0 Å². The molecule has 5 heteroatoms. The normalized spacial score (nSPS) is 27.0. The van der Waals surface area contributed by atoms with E-state index in [1.165, 1.54) is 19.3 Å². The Morgan fingerprint density at radius 3 is 3.18 bits per heavy atom. The Kier molecular flexibility index (Phi) is 2.88. The number of nitrogens with one attached hydrogen (secondary N) is 1. The van der Waals surface area contributed by atoms with Crippen molar-refractivity contribution in [2.75, 3.05) is 13.7 Å². The van der Waals surface area contributed by atoms with E-state index in [9.17, 15) is 0 Å². The summed E-state index contributed by atoms with van der Waals surface area (Å²) in [6.07, 6.45) is 8.00. The minimum Gasteiger partial charge on any atom is -0.375 e. The van der Waals surface area contributed by atoms with Gasteiger partial charge in [0.15, 0.2) is 0 Å². The van der Waals surface area contributed by atoms with Crippen LogP contribution in [0.5, 0.6) is 0 Å². The Hall–Kier alpha value is -0.940. The third-order valence-corrected chi connectivity index (χ3v) is 4.02. The van der Waals surface area contributed by atoms with Gasteiger partial charge in [-0.05, 0) is 39.2 Å². The summed E-state index contributed by atoms with van der Waals surface area (Å²) in [5.41, 5.74) is 1.19. The van der Waals surface area contributed by atoms with Crippen molar-refractivity contribution >= 4 is 0 Å². The molecule has 2 aliphatic rings. The van der Waals surface area contributed by atoms with E-state index in [-0.39, 0.29) is 5.60 Å². The first-order chi connectivity index (χ1) is 8.31. The number of nitrogens with zero attached hydrogens (tertiary/aromatic N) is 3. The van der Waals surface area contributed by atoms with Gasteiger partial charge in [-0.25, -0.2) is 4.68 Å². The molecule has 1 saturated carbocycles. The minimum absolute atomic E-state index is 0.179. The van der Waals surface area contributed by atoms with Crippen LogP contribution in [-0.2, 0) is 11.3 Å². The highest BCUT2D eigenvalue weighted by atomic mass is 16.5. The summed E-state index contributed by atoms with van der Waals surface area (Å²) in [6.45, 7) is 1.65. The van der Waals surface area contributed by atoms with E-state index in [1.54, 1.807) is 0 Å². The fourth-order valence-corrected chi connectivity index (χ4v) is 2.90. The Bertz CT molecular complexity index is 386. The zero-order valence-electron chi connectivity index (χ0n) is 10.4. The van der Waals surface area contributed by atoms with Crippen LogP contribution in [0.2, 0.25) is 0 Å². The smallest absolute Gasteiger partial charge is 0.0964 e. The van der Waals surface area contributed by atoms with Gasteiger partial charge in [0.05, 0.1) is 23.5 Å². The highest BCUT2D eigenvalue weighted by Gasteiger charge is 2.43. The molecule has 3 rings (SSSR count). The average molecular weight is 236 g/mol. The van der Waals surface area contributed by atoms with Gasteiger partial charge in [0.25, 0.3) is 0 Å². The van der Waals surface area contributed by atoms with Crippen molar-refractivity contribution in [2.24, 2.45) is 0 Å². The molecular weight excluding hydrogens is 216 g/mol. The second-order valence-electron chi connectivity index (χ2n) is 5.25. The van der Waals surface area contributed by atoms with Crippen molar-refractivity contribution in [1.82, 2.24) is 20.3 Å². The lowest BCUT2D eigenvalue weighted by Crippen LogP contribution is -2.46. The third kappa shape index (κ3) is 2.09. The van der Waals surface area contributed by atoms with E-state index >= 15 is 0 Å². The van der Waals surface area contributed by atoms with Crippen molar-refractivity contribution < 1.29 is 4.74 Å². The molecule has 5 nitrogen and oxygen atoms in total. The highest BCUT2D eigenvalue weighted by Crippen LogP contribution is 2.45. The molecular formula is C12H20N4O. The minimum atomic E-state index is 0.179. The molecule has 1 spiro atoms. The van der Waals surface area contributed by atoms with Crippen LogP contribution in [0.1, 0.15) is 43.8 Å². The number of aromatic nitrogens is 3. The Morgan fingerprint density at radius 2 is 2.47 bits per heavy atom. The second-order valence-corrected chi connectivity index (χ2v) is 5.25. The lowest BCUT2D eigenvalue weighted by molar-refractivity contribution is -0.141. The number of hydrogen-bond donors (Lipinski definition) is 1. The summed E-state index contributed by atoms with van der Waals surface area (Å²) in [5.74, 6) is 0. The Morgan fingerprint density at radius 1 is 1.59 bits per heavy atom. The van der Waals surface area contributed by atoms with Crippen LogP contribution < -0.4 is 5.32 Å². The molecule has 0 bridgehead atoms. The van der Waals surface area contributed by atoms with E-state index in [0.717, 1.165) is 31.7 Å². The van der Waals surface area contributed by atoms with Gasteiger partial charge in [-0.3, -0.25) is 0 Å². The Balaban J connectivity index is 1.69. The van der Waals surface area contributed by atoms with E-state index in [0.29, 0.717) is 6.04 Å². The van der Waals surface area contributed by atoms with E-state index in [1.807, 2.05) is 11.7 Å². The van der Waals surface area contributed by atoms with Gasteiger partial charge in [-0.1, -0.05) is 5.21 Å². The van der Waals surface area contributed by atoms with Gasteiger partial charge in [-0.15, -0.1) is 5.10 Å². The number of rotatable bonds is 3. The maximum absolute atomic E-state index is 5.93. The lowest BCUT2D eigenvalue weighted by Gasteiger charge is -2.47. The number of ether oxygens (including phenoxy) is 1. The van der Waals surface area contributed by atoms with E-state index in [4.69, 9.17) is 4.74 Å². The largest absolute Gasteiger partial charge is 0.375 e. The zero-order valence-corrected chi connectivity index (χ0v) is 10.4. The molecule has 2 fully saturated rings. The fourth-order valence-electron chi connectivity index (χ4n) is 2.90. The summed E-state index contributed by atoms with van der Waals surface area (Å²) < 4.78 is 7.97. The van der Waals surface area contributed by atoms with Crippen molar-refractivity contribution in [3.63, 3.8) is 0 Å². The molecule has 2 heterocycles. The summed E-state index contributed by atoms with van der Waals surface area (Å²) >= 11 is 0. The second kappa shape index (κ2) is 4.38. The monoisotopic (exact) mass is 236 g/mol. The molecule has 94 valence electrons. The molecule has 0 amide bonds. The number of hydrogen-bond acceptors (Lipinski definition) is 4. The van der Waals surface area contributed by atoms with Crippen LogP contribution in [-0.4, -0.2) is 34.2 Å². The molecule has 1 N–H and O–H groups in total. The quantitative estimate of drug-likeness (QED) is 0.858. The standard InChI is InChI=1S/C12H20N4O/c1-13-8-10-9-16(15-14-10)11-3-6-17-12(7-11)4-2-5-12/h9,11,13H,2-8H2,1H3. The van der Waals surface area contributed by atoms with Gasteiger partial charge in [0.1, 0.15) is 0 Å². The maximum Gasteiger partial charge on any atom is 0.0964 e. The van der Waals surface area contributed by atoms with Gasteiger partial charge in [0, 0.05) is 13.2 Å². The van der Waals surface area contributed by atoms with Crippen molar-refractivity contribution in [3.05, 3.63) is 11.9 Å². The molecule has 1 aromatic heterocycles. The van der Waals surface area contributed by atoms with Gasteiger partial charge >= 0.3 is 0 Å². The molecule has 17 heavy (non-hydrogen) atoms. The Labute approximate surface area is 102 Å². The molecule has 0 radical (unpaired) electrons. The topological polar surface area (TPSA) is 52.0 Å². The van der Waals surface area contributed by atoms with Crippen LogP contribution in [0.3, 0.4) is 0 Å². The first-order valence-electron chi connectivity index (χ1n) is 6.51. The van der Waals surface area contributed by atoms with Gasteiger partial charge < -0.3 is 10.1 Å². The zero-order chi connectivity index (χ0) is 11.7. The fraction of sp³-hybridized carbons (Fsp3) is 0.833. The third-order valence-electron chi connectivity index (χ3n) is 4.02. The summed E-state index contributed by atoms with van der Waals surface area (Å²) in [7, 11) is 1.93. The molecule has 1 unspecified atom stereocenters. The molecule has 1 aromatic rings. The SMILES string of the molecule is CNCc1cn(C2CCOC3(CCC3)C2)nn1. The van der Waals surface area contributed by atoms with Crippen LogP contribution in [0.15, 0.2) is 6.20 Å². The molecule has 1 atom stereocenters. The first kappa shape index (κ1) is 11.2. The predicted molar refractivity (Wildman–Crippen MR) is 63.6 cm³/mol. The first-order valence-corrected chi connectivity index (χ1v) is 6.51. The van der Waals surface area contributed by atoms with Gasteiger partial charge in [0.2, 0.25) is 0 Å². The predicted octanol–water partition coefficient (Wildman–Crippen LogP) is 1.27. The van der Waals surface area contributed by atoms with E-state index < -0.39 is 0 Å². The van der Waals surface area contributed by atoms with Gasteiger partial charge in [-0.2, -0.15) is 0 Å². The summed E-state index contributed by atoms with van der Waals surface area (Å²) in [4.78, 5) is 0. The summed E-state index contributed by atoms with van der Waals surface area (Å²) in [5, 5.41) is 11.5. The molecule has 1 saturated heterocycles. The van der Waals surface area contributed by atoms with Crippen LogP contribution in [0.25, 0.3) is 0 Å². The molecule has 1 aliphatic carbocycles. The van der Waals surface area contributed by atoms with Crippen molar-refractivity contribution in [1.29, 1.82) is 0 Å². The average Bonchev–Trinajstić information content (AvgIpc) is 2.76. The van der Waals surface area contributed by atoms with Crippen LogP contribution >= 0.6 is 0 Å². The highest BCUT2D eigenvalue weighted by molar-refractivity contribution is 4.98. The van der Waals surface area contributed by atoms with E-state index in [2.05, 4.69) is 21.8 Å². The van der Waals surface area contributed by atoms with Crippen molar-refractivity contribution in [2.45, 2.75) is 50.3 Å². The van der Waals surface area contributed by atoms with Crippen LogP contribution in [0, 0.1) is 0 Å². The van der Waals surface area contributed by atoms with Crippen molar-refractivity contribution in [3.8, 4) is 0 Å². The lowest BCUT2D eigenvalue weighted by atomic mass is 9.74. The maximum atomic E-state index is 5.93.